The van der Waals surface area contributed by atoms with Gasteiger partial charge in [0.05, 0.1) is 17.8 Å². The molecule has 1 heterocycles. The van der Waals surface area contributed by atoms with Gasteiger partial charge in [-0.1, -0.05) is 17.7 Å². The number of benzene rings is 1. The Hall–Kier alpha value is -1.74. The number of hydrogen-bond donors (Lipinski definition) is 1. The van der Waals surface area contributed by atoms with E-state index in [1.165, 1.54) is 0 Å². The van der Waals surface area contributed by atoms with E-state index in [0.29, 0.717) is 10.8 Å². The number of nitrogens with one attached hydrogen (secondary N) is 1. The van der Waals surface area contributed by atoms with Gasteiger partial charge in [-0.25, -0.2) is 0 Å². The van der Waals surface area contributed by atoms with Crippen molar-refractivity contribution in [2.24, 2.45) is 0 Å². The first-order chi connectivity index (χ1) is 8.24. The first kappa shape index (κ1) is 11.7. The maximum atomic E-state index is 5.98. The molecule has 0 fully saturated rings. The van der Waals surface area contributed by atoms with Crippen molar-refractivity contribution in [1.29, 1.82) is 0 Å². The first-order valence-corrected chi connectivity index (χ1v) is 5.60. The highest BCUT2D eigenvalue weighted by Gasteiger charge is 2.05. The average Bonchev–Trinajstić information content (AvgIpc) is 2.39. The Bertz CT molecular complexity index is 529. The molecular weight excluding hydrogens is 236 g/mol. The number of pyridine rings is 1. The van der Waals surface area contributed by atoms with Gasteiger partial charge in [-0.3, -0.25) is 4.98 Å². The number of rotatable bonds is 3. The molecule has 2 aromatic rings. The number of methoxy groups -OCH3 is 1. The second kappa shape index (κ2) is 5.06. The molecule has 1 N–H and O–H groups in total. The Kier molecular flexibility index (Phi) is 3.49. The molecule has 88 valence electrons. The standard InChI is InChI=1S/C13H13ClN2O/c1-15-10-5-6-16-12(8-10)9-3-4-11(14)13(7-9)17-2/h3-8H,1-2H3,(H,15,16). The van der Waals surface area contributed by atoms with E-state index in [1.54, 1.807) is 13.3 Å². The highest BCUT2D eigenvalue weighted by molar-refractivity contribution is 6.32. The Balaban J connectivity index is 2.45. The molecule has 0 amide bonds. The lowest BCUT2D eigenvalue weighted by atomic mass is 10.1. The van der Waals surface area contributed by atoms with Crippen molar-refractivity contribution in [2.75, 3.05) is 19.5 Å². The Morgan fingerprint density at radius 3 is 2.76 bits per heavy atom. The maximum absolute atomic E-state index is 5.98. The molecule has 0 atom stereocenters. The van der Waals surface area contributed by atoms with E-state index in [-0.39, 0.29) is 0 Å². The van der Waals surface area contributed by atoms with Crippen LogP contribution in [0, 0.1) is 0 Å². The van der Waals surface area contributed by atoms with E-state index in [4.69, 9.17) is 16.3 Å². The SMILES string of the molecule is CNc1ccnc(-c2ccc(Cl)c(OC)c2)c1. The Morgan fingerprint density at radius 2 is 2.06 bits per heavy atom. The molecule has 0 aliphatic rings. The summed E-state index contributed by atoms with van der Waals surface area (Å²) in [7, 11) is 3.48. The average molecular weight is 249 g/mol. The summed E-state index contributed by atoms with van der Waals surface area (Å²) in [6.07, 6.45) is 1.77. The van der Waals surface area contributed by atoms with Crippen LogP contribution in [0.1, 0.15) is 0 Å². The predicted molar refractivity (Wildman–Crippen MR) is 70.8 cm³/mol. The third-order valence-electron chi connectivity index (χ3n) is 2.50. The van der Waals surface area contributed by atoms with Crippen LogP contribution in [0.4, 0.5) is 5.69 Å². The van der Waals surface area contributed by atoms with Crippen LogP contribution < -0.4 is 10.1 Å². The molecule has 0 saturated heterocycles. The van der Waals surface area contributed by atoms with Crippen LogP contribution in [0.3, 0.4) is 0 Å². The molecule has 0 unspecified atom stereocenters. The lowest BCUT2D eigenvalue weighted by molar-refractivity contribution is 0.415. The second-order valence-corrected chi connectivity index (χ2v) is 3.94. The van der Waals surface area contributed by atoms with Gasteiger partial charge in [-0.2, -0.15) is 0 Å². The fourth-order valence-corrected chi connectivity index (χ4v) is 1.76. The van der Waals surface area contributed by atoms with E-state index in [0.717, 1.165) is 16.9 Å². The third kappa shape index (κ3) is 2.50. The van der Waals surface area contributed by atoms with Crippen LogP contribution in [0.5, 0.6) is 5.75 Å². The molecule has 17 heavy (non-hydrogen) atoms. The van der Waals surface area contributed by atoms with Gasteiger partial charge in [0, 0.05) is 24.5 Å². The molecule has 3 nitrogen and oxygen atoms in total. The van der Waals surface area contributed by atoms with Crippen molar-refractivity contribution in [1.82, 2.24) is 4.98 Å². The minimum Gasteiger partial charge on any atom is -0.495 e. The van der Waals surface area contributed by atoms with Crippen LogP contribution in [-0.2, 0) is 0 Å². The summed E-state index contributed by atoms with van der Waals surface area (Å²) in [5.41, 5.74) is 2.87. The van der Waals surface area contributed by atoms with E-state index < -0.39 is 0 Å². The molecule has 0 saturated carbocycles. The van der Waals surface area contributed by atoms with Crippen LogP contribution >= 0.6 is 11.6 Å². The van der Waals surface area contributed by atoms with Gasteiger partial charge >= 0.3 is 0 Å². The predicted octanol–water partition coefficient (Wildman–Crippen LogP) is 3.45. The van der Waals surface area contributed by atoms with Crippen molar-refractivity contribution in [3.8, 4) is 17.0 Å². The molecule has 1 aromatic carbocycles. The summed E-state index contributed by atoms with van der Waals surface area (Å²) >= 11 is 5.98. The highest BCUT2D eigenvalue weighted by Crippen LogP contribution is 2.30. The number of ether oxygens (including phenoxy) is 1. The van der Waals surface area contributed by atoms with E-state index >= 15 is 0 Å². The minimum atomic E-state index is 0.598. The summed E-state index contributed by atoms with van der Waals surface area (Å²) in [6.45, 7) is 0. The Labute approximate surface area is 105 Å². The van der Waals surface area contributed by atoms with Crippen LogP contribution in [0.25, 0.3) is 11.3 Å². The van der Waals surface area contributed by atoms with Gasteiger partial charge in [0.2, 0.25) is 0 Å². The number of hydrogen-bond acceptors (Lipinski definition) is 3. The highest BCUT2D eigenvalue weighted by atomic mass is 35.5. The van der Waals surface area contributed by atoms with E-state index in [2.05, 4.69) is 10.3 Å². The van der Waals surface area contributed by atoms with Crippen molar-refractivity contribution in [3.05, 3.63) is 41.6 Å². The van der Waals surface area contributed by atoms with Gasteiger partial charge in [0.25, 0.3) is 0 Å². The lowest BCUT2D eigenvalue weighted by Gasteiger charge is -2.07. The molecule has 0 radical (unpaired) electrons. The normalized spacial score (nSPS) is 10.1. The zero-order chi connectivity index (χ0) is 12.3. The number of nitrogens with zero attached hydrogens (tertiary/aromatic N) is 1. The molecule has 0 spiro atoms. The van der Waals surface area contributed by atoms with Gasteiger partial charge in [-0.05, 0) is 24.3 Å². The topological polar surface area (TPSA) is 34.2 Å². The number of anilines is 1. The van der Waals surface area contributed by atoms with Gasteiger partial charge in [-0.15, -0.1) is 0 Å². The number of halogens is 1. The van der Waals surface area contributed by atoms with Crippen molar-refractivity contribution >= 4 is 17.3 Å². The molecule has 0 bridgehead atoms. The fraction of sp³-hybridized carbons (Fsp3) is 0.154. The molecule has 4 heteroatoms. The van der Waals surface area contributed by atoms with Crippen molar-refractivity contribution < 1.29 is 4.74 Å². The maximum Gasteiger partial charge on any atom is 0.138 e. The number of aromatic nitrogens is 1. The zero-order valence-corrected chi connectivity index (χ0v) is 10.5. The van der Waals surface area contributed by atoms with Crippen LogP contribution in [0.15, 0.2) is 36.5 Å². The van der Waals surface area contributed by atoms with Gasteiger partial charge in [0.1, 0.15) is 5.75 Å². The lowest BCUT2D eigenvalue weighted by Crippen LogP contribution is -1.91. The molecule has 2 rings (SSSR count). The van der Waals surface area contributed by atoms with Gasteiger partial charge < -0.3 is 10.1 Å². The molecular formula is C13H13ClN2O. The fourth-order valence-electron chi connectivity index (χ4n) is 1.56. The summed E-state index contributed by atoms with van der Waals surface area (Å²) in [5.74, 6) is 0.654. The smallest absolute Gasteiger partial charge is 0.138 e. The second-order valence-electron chi connectivity index (χ2n) is 3.53. The summed E-state index contributed by atoms with van der Waals surface area (Å²) in [5, 5.41) is 3.68. The summed E-state index contributed by atoms with van der Waals surface area (Å²) < 4.78 is 5.19. The quantitative estimate of drug-likeness (QED) is 0.903. The van der Waals surface area contributed by atoms with Crippen LogP contribution in [-0.4, -0.2) is 19.1 Å². The molecule has 0 aliphatic heterocycles. The third-order valence-corrected chi connectivity index (χ3v) is 2.81. The van der Waals surface area contributed by atoms with Crippen molar-refractivity contribution in [3.63, 3.8) is 0 Å². The monoisotopic (exact) mass is 248 g/mol. The summed E-state index contributed by atoms with van der Waals surface area (Å²) in [6, 6.07) is 9.50. The Morgan fingerprint density at radius 1 is 1.24 bits per heavy atom. The zero-order valence-electron chi connectivity index (χ0n) is 9.70. The first-order valence-electron chi connectivity index (χ1n) is 5.22. The van der Waals surface area contributed by atoms with Gasteiger partial charge in [0.15, 0.2) is 0 Å². The molecule has 1 aromatic heterocycles. The van der Waals surface area contributed by atoms with Crippen LogP contribution in [0.2, 0.25) is 5.02 Å². The minimum absolute atomic E-state index is 0.598. The summed E-state index contributed by atoms with van der Waals surface area (Å²) in [4.78, 5) is 4.32. The largest absolute Gasteiger partial charge is 0.495 e. The van der Waals surface area contributed by atoms with Crippen molar-refractivity contribution in [2.45, 2.75) is 0 Å². The van der Waals surface area contributed by atoms with E-state index in [9.17, 15) is 0 Å². The van der Waals surface area contributed by atoms with E-state index in [1.807, 2.05) is 37.4 Å². The molecule has 0 aliphatic carbocycles.